The molecule has 0 amide bonds. The first-order chi connectivity index (χ1) is 8.36. The highest BCUT2D eigenvalue weighted by molar-refractivity contribution is 7.89. The predicted octanol–water partition coefficient (Wildman–Crippen LogP) is 1.71. The number of hydrogen-bond acceptors (Lipinski definition) is 3. The molecule has 0 aromatic heterocycles. The van der Waals surface area contributed by atoms with Crippen LogP contribution in [0.1, 0.15) is 30.9 Å². The molecule has 1 rings (SSSR count). The third-order valence-corrected chi connectivity index (χ3v) is 4.57. The molecule has 1 atom stereocenters. The lowest BCUT2D eigenvalue weighted by Crippen LogP contribution is -2.30. The first-order valence-corrected chi connectivity index (χ1v) is 7.67. The van der Waals surface area contributed by atoms with Crippen LogP contribution in [-0.4, -0.2) is 21.0 Å². The number of rotatable bonds is 6. The molecule has 1 unspecified atom stereocenters. The van der Waals surface area contributed by atoms with Crippen molar-refractivity contribution in [3.63, 3.8) is 0 Å². The van der Waals surface area contributed by atoms with E-state index in [4.69, 9.17) is 5.73 Å². The summed E-state index contributed by atoms with van der Waals surface area (Å²) in [6.07, 6.45) is 1.51. The molecule has 18 heavy (non-hydrogen) atoms. The number of benzene rings is 1. The van der Waals surface area contributed by atoms with Gasteiger partial charge in [0, 0.05) is 12.6 Å². The third-order valence-electron chi connectivity index (χ3n) is 2.96. The normalized spacial score (nSPS) is 13.6. The van der Waals surface area contributed by atoms with Crippen LogP contribution in [0.2, 0.25) is 0 Å². The highest BCUT2D eigenvalue weighted by Crippen LogP contribution is 2.16. The molecular formula is C13H22N2O2S. The molecule has 102 valence electrons. The predicted molar refractivity (Wildman–Crippen MR) is 74.0 cm³/mol. The van der Waals surface area contributed by atoms with Gasteiger partial charge in [0.25, 0.3) is 0 Å². The Kier molecular flexibility index (Phi) is 5.31. The Morgan fingerprint density at radius 1 is 1.33 bits per heavy atom. The van der Waals surface area contributed by atoms with Crippen LogP contribution in [0.25, 0.3) is 0 Å². The van der Waals surface area contributed by atoms with Crippen molar-refractivity contribution >= 4 is 10.0 Å². The first kappa shape index (κ1) is 15.1. The summed E-state index contributed by atoms with van der Waals surface area (Å²) in [5, 5.41) is 0. The lowest BCUT2D eigenvalue weighted by Gasteiger charge is -2.12. The van der Waals surface area contributed by atoms with E-state index in [2.05, 4.69) is 4.72 Å². The summed E-state index contributed by atoms with van der Waals surface area (Å²) in [6.45, 7) is 6.05. The van der Waals surface area contributed by atoms with Crippen molar-refractivity contribution in [3.8, 4) is 0 Å². The molecule has 0 aliphatic heterocycles. The molecule has 0 bridgehead atoms. The maximum absolute atomic E-state index is 12.1. The van der Waals surface area contributed by atoms with E-state index in [1.165, 1.54) is 0 Å². The lowest BCUT2D eigenvalue weighted by atomic mass is 10.2. The van der Waals surface area contributed by atoms with Crippen LogP contribution in [-0.2, 0) is 10.0 Å². The number of aryl methyl sites for hydroxylation is 2. The molecule has 0 saturated carbocycles. The van der Waals surface area contributed by atoms with Gasteiger partial charge >= 0.3 is 0 Å². The van der Waals surface area contributed by atoms with Crippen LogP contribution >= 0.6 is 0 Å². The van der Waals surface area contributed by atoms with Crippen LogP contribution in [0.5, 0.6) is 0 Å². The van der Waals surface area contributed by atoms with Gasteiger partial charge in [0.15, 0.2) is 0 Å². The van der Waals surface area contributed by atoms with Crippen LogP contribution < -0.4 is 10.5 Å². The van der Waals surface area contributed by atoms with E-state index in [1.807, 2.05) is 26.0 Å². The van der Waals surface area contributed by atoms with Gasteiger partial charge in [-0.2, -0.15) is 0 Å². The summed E-state index contributed by atoms with van der Waals surface area (Å²) >= 11 is 0. The topological polar surface area (TPSA) is 72.2 Å². The average molecular weight is 270 g/mol. The summed E-state index contributed by atoms with van der Waals surface area (Å²) in [7, 11) is -3.42. The fraction of sp³-hybridized carbons (Fsp3) is 0.538. The fourth-order valence-corrected chi connectivity index (χ4v) is 3.03. The summed E-state index contributed by atoms with van der Waals surface area (Å²) in [6, 6.07) is 5.46. The summed E-state index contributed by atoms with van der Waals surface area (Å²) in [4.78, 5) is 0.354. The highest BCUT2D eigenvalue weighted by Gasteiger charge is 2.16. The molecule has 0 aliphatic rings. The number of nitrogens with one attached hydrogen (secondary N) is 1. The molecule has 0 aliphatic carbocycles. The number of nitrogens with two attached hydrogens (primary N) is 1. The molecule has 1 aromatic rings. The largest absolute Gasteiger partial charge is 0.328 e. The Labute approximate surface area is 110 Å². The Morgan fingerprint density at radius 2 is 2.00 bits per heavy atom. The van der Waals surface area contributed by atoms with Gasteiger partial charge < -0.3 is 5.73 Å². The zero-order valence-corrected chi connectivity index (χ0v) is 12.0. The van der Waals surface area contributed by atoms with E-state index >= 15 is 0 Å². The van der Waals surface area contributed by atoms with E-state index in [0.29, 0.717) is 17.9 Å². The van der Waals surface area contributed by atoms with Gasteiger partial charge in [-0.15, -0.1) is 0 Å². The minimum atomic E-state index is -3.42. The van der Waals surface area contributed by atoms with Gasteiger partial charge in [-0.3, -0.25) is 0 Å². The maximum atomic E-state index is 12.1. The molecule has 0 fully saturated rings. The van der Waals surface area contributed by atoms with E-state index in [-0.39, 0.29) is 6.04 Å². The Bertz CT molecular complexity index is 498. The fourth-order valence-electron chi connectivity index (χ4n) is 1.66. The van der Waals surface area contributed by atoms with Crippen LogP contribution in [0.4, 0.5) is 0 Å². The van der Waals surface area contributed by atoms with Crippen LogP contribution in [0.3, 0.4) is 0 Å². The van der Waals surface area contributed by atoms with Crippen molar-refractivity contribution in [3.05, 3.63) is 29.3 Å². The molecule has 0 spiro atoms. The molecular weight excluding hydrogens is 248 g/mol. The Hall–Kier alpha value is -0.910. The maximum Gasteiger partial charge on any atom is 0.240 e. The van der Waals surface area contributed by atoms with E-state index in [0.717, 1.165) is 17.5 Å². The van der Waals surface area contributed by atoms with Crippen LogP contribution in [0, 0.1) is 13.8 Å². The van der Waals surface area contributed by atoms with Gasteiger partial charge in [-0.25, -0.2) is 13.1 Å². The van der Waals surface area contributed by atoms with Crippen LogP contribution in [0.15, 0.2) is 23.1 Å². The summed E-state index contributed by atoms with van der Waals surface area (Å²) in [5.74, 6) is 0. The smallest absolute Gasteiger partial charge is 0.240 e. The zero-order chi connectivity index (χ0) is 13.8. The second kappa shape index (κ2) is 6.31. The van der Waals surface area contributed by atoms with E-state index in [1.54, 1.807) is 13.0 Å². The molecule has 3 N–H and O–H groups in total. The van der Waals surface area contributed by atoms with Gasteiger partial charge in [-0.05, 0) is 43.9 Å². The number of hydrogen-bond donors (Lipinski definition) is 2. The van der Waals surface area contributed by atoms with Crippen molar-refractivity contribution in [2.75, 3.05) is 6.54 Å². The quantitative estimate of drug-likeness (QED) is 0.826. The van der Waals surface area contributed by atoms with Gasteiger partial charge in [0.1, 0.15) is 0 Å². The van der Waals surface area contributed by atoms with E-state index < -0.39 is 10.0 Å². The van der Waals surface area contributed by atoms with Crippen molar-refractivity contribution in [2.45, 2.75) is 44.6 Å². The van der Waals surface area contributed by atoms with Crippen molar-refractivity contribution < 1.29 is 8.42 Å². The Balaban J connectivity index is 2.77. The van der Waals surface area contributed by atoms with Crippen molar-refractivity contribution in [1.29, 1.82) is 0 Å². The van der Waals surface area contributed by atoms with Crippen molar-refractivity contribution in [1.82, 2.24) is 4.72 Å². The van der Waals surface area contributed by atoms with E-state index in [9.17, 15) is 8.42 Å². The minimum Gasteiger partial charge on any atom is -0.328 e. The third kappa shape index (κ3) is 4.08. The average Bonchev–Trinajstić information content (AvgIpc) is 2.31. The van der Waals surface area contributed by atoms with Gasteiger partial charge in [0.05, 0.1) is 4.90 Å². The monoisotopic (exact) mass is 270 g/mol. The van der Waals surface area contributed by atoms with Crippen molar-refractivity contribution in [2.24, 2.45) is 5.73 Å². The summed E-state index contributed by atoms with van der Waals surface area (Å²) < 4.78 is 26.8. The van der Waals surface area contributed by atoms with Gasteiger partial charge in [0.2, 0.25) is 10.0 Å². The second-order valence-corrected chi connectivity index (χ2v) is 6.36. The molecule has 4 nitrogen and oxygen atoms in total. The highest BCUT2D eigenvalue weighted by atomic mass is 32.2. The standard InChI is InChI=1S/C13H22N2O2S/c1-4-12(14)7-8-15-18(16,17)13-9-10(2)5-6-11(13)3/h5-6,9,12,15H,4,7-8,14H2,1-3H3. The SMILES string of the molecule is CCC(N)CCNS(=O)(=O)c1cc(C)ccc1C. The molecule has 0 saturated heterocycles. The Morgan fingerprint density at radius 3 is 2.61 bits per heavy atom. The number of sulfonamides is 1. The molecule has 1 aromatic carbocycles. The minimum absolute atomic E-state index is 0.0475. The first-order valence-electron chi connectivity index (χ1n) is 6.19. The second-order valence-electron chi connectivity index (χ2n) is 4.62. The summed E-state index contributed by atoms with van der Waals surface area (Å²) in [5.41, 5.74) is 7.45. The van der Waals surface area contributed by atoms with Gasteiger partial charge in [-0.1, -0.05) is 19.1 Å². The lowest BCUT2D eigenvalue weighted by molar-refractivity contribution is 0.557. The molecule has 0 radical (unpaired) electrons. The molecule has 0 heterocycles. The molecule has 5 heteroatoms. The zero-order valence-electron chi connectivity index (χ0n) is 11.2.